The molecular weight excluding hydrogens is 332 g/mol. The van der Waals surface area contributed by atoms with E-state index in [4.69, 9.17) is 21.1 Å². The molecule has 3 aromatic rings. The molecule has 24 heavy (non-hydrogen) atoms. The molecular formula is C16H17ClN4O3. The molecule has 126 valence electrons. The zero-order valence-electron chi connectivity index (χ0n) is 13.3. The SMILES string of the molecule is COc1cc(NCCn2nc3ccccn3c2=O)c(OC)cc1Cl. The number of hydrogen-bond acceptors (Lipinski definition) is 5. The molecule has 0 radical (unpaired) electrons. The summed E-state index contributed by atoms with van der Waals surface area (Å²) in [5.74, 6) is 1.15. The number of rotatable bonds is 6. The second-order valence-electron chi connectivity index (χ2n) is 5.05. The van der Waals surface area contributed by atoms with Crippen molar-refractivity contribution in [1.82, 2.24) is 14.2 Å². The van der Waals surface area contributed by atoms with Crippen molar-refractivity contribution in [3.8, 4) is 11.5 Å². The first-order valence-corrected chi connectivity index (χ1v) is 7.71. The van der Waals surface area contributed by atoms with Gasteiger partial charge in [0.1, 0.15) is 11.5 Å². The number of halogens is 1. The van der Waals surface area contributed by atoms with Gasteiger partial charge in [-0.25, -0.2) is 9.48 Å². The third-order valence-electron chi connectivity index (χ3n) is 3.60. The van der Waals surface area contributed by atoms with Gasteiger partial charge in [0.25, 0.3) is 0 Å². The van der Waals surface area contributed by atoms with Gasteiger partial charge in [0.15, 0.2) is 5.65 Å². The van der Waals surface area contributed by atoms with Gasteiger partial charge < -0.3 is 14.8 Å². The zero-order chi connectivity index (χ0) is 17.1. The summed E-state index contributed by atoms with van der Waals surface area (Å²) in [5, 5.41) is 7.97. The number of hydrogen-bond donors (Lipinski definition) is 1. The summed E-state index contributed by atoms with van der Waals surface area (Å²) in [5.41, 5.74) is 1.18. The molecule has 0 fully saturated rings. The van der Waals surface area contributed by atoms with Crippen LogP contribution in [0.3, 0.4) is 0 Å². The van der Waals surface area contributed by atoms with Gasteiger partial charge in [-0.1, -0.05) is 17.7 Å². The maximum absolute atomic E-state index is 12.2. The van der Waals surface area contributed by atoms with Crippen molar-refractivity contribution < 1.29 is 9.47 Å². The highest BCUT2D eigenvalue weighted by Crippen LogP contribution is 2.35. The Morgan fingerprint density at radius 1 is 1.21 bits per heavy atom. The fourth-order valence-corrected chi connectivity index (χ4v) is 2.64. The van der Waals surface area contributed by atoms with Crippen molar-refractivity contribution in [3.05, 3.63) is 52.0 Å². The Morgan fingerprint density at radius 3 is 2.71 bits per heavy atom. The molecule has 0 bridgehead atoms. The van der Waals surface area contributed by atoms with Crippen molar-refractivity contribution in [2.24, 2.45) is 0 Å². The van der Waals surface area contributed by atoms with Crippen LogP contribution in [0, 0.1) is 0 Å². The molecule has 3 rings (SSSR count). The molecule has 0 aliphatic heterocycles. The minimum absolute atomic E-state index is 0.173. The van der Waals surface area contributed by atoms with Gasteiger partial charge in [-0.3, -0.25) is 4.40 Å². The first kappa shape index (κ1) is 16.2. The highest BCUT2D eigenvalue weighted by atomic mass is 35.5. The van der Waals surface area contributed by atoms with Crippen molar-refractivity contribution in [2.45, 2.75) is 6.54 Å². The molecule has 8 heteroatoms. The molecule has 0 aliphatic rings. The molecule has 2 heterocycles. The van der Waals surface area contributed by atoms with Crippen LogP contribution in [0.25, 0.3) is 5.65 Å². The fraction of sp³-hybridized carbons (Fsp3) is 0.250. The largest absolute Gasteiger partial charge is 0.495 e. The smallest absolute Gasteiger partial charge is 0.350 e. The van der Waals surface area contributed by atoms with Crippen LogP contribution in [0.2, 0.25) is 5.02 Å². The lowest BCUT2D eigenvalue weighted by molar-refractivity contribution is 0.404. The maximum Gasteiger partial charge on any atom is 0.350 e. The van der Waals surface area contributed by atoms with Crippen LogP contribution in [-0.2, 0) is 6.54 Å². The molecule has 1 aromatic carbocycles. The van der Waals surface area contributed by atoms with E-state index in [1.54, 1.807) is 44.7 Å². The van der Waals surface area contributed by atoms with Crippen LogP contribution in [0.1, 0.15) is 0 Å². The lowest BCUT2D eigenvalue weighted by Crippen LogP contribution is -2.24. The Kier molecular flexibility index (Phi) is 4.61. The molecule has 0 saturated heterocycles. The highest BCUT2D eigenvalue weighted by molar-refractivity contribution is 6.32. The van der Waals surface area contributed by atoms with E-state index in [0.717, 1.165) is 5.69 Å². The summed E-state index contributed by atoms with van der Waals surface area (Å²) in [7, 11) is 3.11. The molecule has 0 atom stereocenters. The van der Waals surface area contributed by atoms with Crippen molar-refractivity contribution in [1.29, 1.82) is 0 Å². The van der Waals surface area contributed by atoms with Gasteiger partial charge in [0.05, 0.1) is 31.5 Å². The second-order valence-corrected chi connectivity index (χ2v) is 5.46. The van der Waals surface area contributed by atoms with E-state index in [1.807, 2.05) is 6.07 Å². The quantitative estimate of drug-likeness (QED) is 0.740. The van der Waals surface area contributed by atoms with E-state index in [2.05, 4.69) is 10.4 Å². The van der Waals surface area contributed by atoms with Gasteiger partial charge >= 0.3 is 5.69 Å². The van der Waals surface area contributed by atoms with Gasteiger partial charge in [0.2, 0.25) is 0 Å². The molecule has 0 aliphatic carbocycles. The van der Waals surface area contributed by atoms with Crippen LogP contribution in [0.4, 0.5) is 5.69 Å². The molecule has 0 unspecified atom stereocenters. The summed E-state index contributed by atoms with van der Waals surface area (Å²) < 4.78 is 13.4. The van der Waals surface area contributed by atoms with Crippen molar-refractivity contribution >= 4 is 22.9 Å². The topological polar surface area (TPSA) is 69.8 Å². The average Bonchev–Trinajstić information content (AvgIpc) is 2.92. The van der Waals surface area contributed by atoms with Crippen LogP contribution in [0.5, 0.6) is 11.5 Å². The summed E-state index contributed by atoms with van der Waals surface area (Å²) in [4.78, 5) is 12.2. The first-order valence-electron chi connectivity index (χ1n) is 7.33. The number of fused-ring (bicyclic) bond motifs is 1. The number of aromatic nitrogens is 3. The van der Waals surface area contributed by atoms with E-state index in [1.165, 1.54) is 9.08 Å². The number of anilines is 1. The molecule has 0 spiro atoms. The number of nitrogens with zero attached hydrogens (tertiary/aromatic N) is 3. The average molecular weight is 349 g/mol. The molecule has 1 N–H and O–H groups in total. The van der Waals surface area contributed by atoms with E-state index < -0.39 is 0 Å². The number of methoxy groups -OCH3 is 2. The van der Waals surface area contributed by atoms with Crippen molar-refractivity contribution in [3.63, 3.8) is 0 Å². The van der Waals surface area contributed by atoms with E-state index in [-0.39, 0.29) is 5.69 Å². The first-order chi connectivity index (χ1) is 11.6. The monoisotopic (exact) mass is 348 g/mol. The van der Waals surface area contributed by atoms with Gasteiger partial charge in [-0.05, 0) is 12.1 Å². The predicted octanol–water partition coefficient (Wildman–Crippen LogP) is 2.28. The summed E-state index contributed by atoms with van der Waals surface area (Å²) in [6.07, 6.45) is 1.70. The molecule has 0 saturated carbocycles. The summed E-state index contributed by atoms with van der Waals surface area (Å²) >= 11 is 6.09. The Labute approximate surface area is 143 Å². The van der Waals surface area contributed by atoms with E-state index in [9.17, 15) is 4.79 Å². The second kappa shape index (κ2) is 6.84. The van der Waals surface area contributed by atoms with Gasteiger partial charge in [0, 0.05) is 24.9 Å². The van der Waals surface area contributed by atoms with E-state index >= 15 is 0 Å². The maximum atomic E-state index is 12.2. The minimum atomic E-state index is -0.173. The Bertz CT molecular complexity index is 919. The lowest BCUT2D eigenvalue weighted by Gasteiger charge is -2.13. The zero-order valence-corrected chi connectivity index (χ0v) is 14.1. The third kappa shape index (κ3) is 3.03. The summed E-state index contributed by atoms with van der Waals surface area (Å²) in [6, 6.07) is 8.87. The Morgan fingerprint density at radius 2 is 2.00 bits per heavy atom. The molecule has 2 aromatic heterocycles. The van der Waals surface area contributed by atoms with Crippen LogP contribution in [0.15, 0.2) is 41.3 Å². The highest BCUT2D eigenvalue weighted by Gasteiger charge is 2.10. The van der Waals surface area contributed by atoms with Gasteiger partial charge in [-0.15, -0.1) is 5.10 Å². The van der Waals surface area contributed by atoms with Gasteiger partial charge in [-0.2, -0.15) is 0 Å². The molecule has 0 amide bonds. The number of pyridine rings is 1. The number of benzene rings is 1. The number of nitrogens with one attached hydrogen (secondary N) is 1. The lowest BCUT2D eigenvalue weighted by atomic mass is 10.2. The fourth-order valence-electron chi connectivity index (χ4n) is 2.41. The van der Waals surface area contributed by atoms with Crippen LogP contribution < -0.4 is 20.5 Å². The number of ether oxygens (including phenoxy) is 2. The Balaban J connectivity index is 1.76. The van der Waals surface area contributed by atoms with Crippen molar-refractivity contribution in [2.75, 3.05) is 26.1 Å². The normalized spacial score (nSPS) is 10.8. The van der Waals surface area contributed by atoms with Crippen LogP contribution in [-0.4, -0.2) is 34.9 Å². The molecule has 7 nitrogen and oxygen atoms in total. The Hall–Kier alpha value is -2.67. The third-order valence-corrected chi connectivity index (χ3v) is 3.90. The summed E-state index contributed by atoms with van der Waals surface area (Å²) in [6.45, 7) is 0.902. The van der Waals surface area contributed by atoms with Crippen LogP contribution >= 0.6 is 11.6 Å². The standard InChI is InChI=1S/C16H17ClN4O3/c1-23-13-10-12(14(24-2)9-11(13)17)18-6-8-21-16(22)20-7-4-3-5-15(20)19-21/h3-5,7,9-10,18H,6,8H2,1-2H3. The predicted molar refractivity (Wildman–Crippen MR) is 92.5 cm³/mol. The minimum Gasteiger partial charge on any atom is -0.495 e. The van der Waals surface area contributed by atoms with E-state index in [0.29, 0.717) is 35.3 Å².